The minimum absolute atomic E-state index is 0.0129. The summed E-state index contributed by atoms with van der Waals surface area (Å²) in [6, 6.07) is 22.8. The Hall–Kier alpha value is -4.00. The monoisotopic (exact) mass is 460 g/mol. The Balaban J connectivity index is 1.49. The number of anilines is 2. The van der Waals surface area contributed by atoms with Crippen LogP contribution in [0.1, 0.15) is 24.5 Å². The van der Waals surface area contributed by atoms with Crippen molar-refractivity contribution in [2.75, 3.05) is 23.8 Å². The number of nitrogens with one attached hydrogen (secondary N) is 2. The quantitative estimate of drug-likeness (QED) is 0.455. The van der Waals surface area contributed by atoms with Crippen LogP contribution in [-0.4, -0.2) is 31.1 Å². The van der Waals surface area contributed by atoms with Crippen LogP contribution in [0.15, 0.2) is 72.8 Å². The summed E-state index contributed by atoms with van der Waals surface area (Å²) in [6.07, 6.45) is 0.662. The first-order valence-electron chi connectivity index (χ1n) is 11.4. The van der Waals surface area contributed by atoms with Crippen LogP contribution in [0.4, 0.5) is 11.4 Å². The van der Waals surface area contributed by atoms with Crippen LogP contribution in [0.3, 0.4) is 0 Å². The molecule has 0 aliphatic carbocycles. The zero-order valence-electron chi connectivity index (χ0n) is 19.1. The highest BCUT2D eigenvalue weighted by atomic mass is 16.5. The molecule has 1 amide bonds. The maximum atomic E-state index is 12.8. The number of fused-ring (bicyclic) bond motifs is 1. The lowest BCUT2D eigenvalue weighted by molar-refractivity contribution is -0.140. The second kappa shape index (κ2) is 11.2. The molecule has 7 nitrogen and oxygen atoms in total. The Morgan fingerprint density at radius 1 is 1.06 bits per heavy atom. The van der Waals surface area contributed by atoms with Crippen molar-refractivity contribution in [3.63, 3.8) is 0 Å². The molecular formula is C27H28N2O5. The van der Waals surface area contributed by atoms with Gasteiger partial charge in [-0.1, -0.05) is 48.5 Å². The highest BCUT2D eigenvalue weighted by Gasteiger charge is 2.25. The molecule has 4 rings (SSSR count). The van der Waals surface area contributed by atoms with Crippen molar-refractivity contribution in [1.29, 1.82) is 0 Å². The van der Waals surface area contributed by atoms with Gasteiger partial charge in [0.15, 0.2) is 6.10 Å². The van der Waals surface area contributed by atoms with Gasteiger partial charge < -0.3 is 24.8 Å². The van der Waals surface area contributed by atoms with Gasteiger partial charge in [-0.25, -0.2) is 0 Å². The van der Waals surface area contributed by atoms with Gasteiger partial charge in [0.25, 0.3) is 5.91 Å². The molecule has 0 saturated carbocycles. The predicted octanol–water partition coefficient (Wildman–Crippen LogP) is 4.57. The number of carbonyl (C=O) groups excluding carboxylic acids is 2. The maximum absolute atomic E-state index is 12.8. The first-order valence-corrected chi connectivity index (χ1v) is 11.4. The van der Waals surface area contributed by atoms with Gasteiger partial charge in [0.2, 0.25) is 0 Å². The van der Waals surface area contributed by atoms with Crippen molar-refractivity contribution >= 4 is 23.3 Å². The van der Waals surface area contributed by atoms with E-state index in [4.69, 9.17) is 14.2 Å². The molecule has 1 aliphatic heterocycles. The van der Waals surface area contributed by atoms with Crippen molar-refractivity contribution in [3.05, 3.63) is 83.9 Å². The molecule has 0 saturated heterocycles. The van der Waals surface area contributed by atoms with Gasteiger partial charge >= 0.3 is 5.97 Å². The van der Waals surface area contributed by atoms with Crippen molar-refractivity contribution in [2.24, 2.45) is 0 Å². The van der Waals surface area contributed by atoms with Gasteiger partial charge in [-0.2, -0.15) is 0 Å². The lowest BCUT2D eigenvalue weighted by Crippen LogP contribution is -2.31. The lowest BCUT2D eigenvalue weighted by atomic mass is 10.1. The predicted molar refractivity (Wildman–Crippen MR) is 130 cm³/mol. The summed E-state index contributed by atoms with van der Waals surface area (Å²) in [6.45, 7) is 2.44. The lowest BCUT2D eigenvalue weighted by Gasteiger charge is -2.19. The van der Waals surface area contributed by atoms with E-state index in [2.05, 4.69) is 10.6 Å². The van der Waals surface area contributed by atoms with E-state index in [0.29, 0.717) is 36.8 Å². The fourth-order valence-electron chi connectivity index (χ4n) is 3.72. The number of aryl methyl sites for hydroxylation is 1. The van der Waals surface area contributed by atoms with Crippen LogP contribution < -0.4 is 20.1 Å². The number of para-hydroxylation sites is 1. The molecule has 3 aromatic rings. The third kappa shape index (κ3) is 6.07. The largest absolute Gasteiger partial charge is 0.487 e. The fraction of sp³-hybridized carbons (Fsp3) is 0.259. The van der Waals surface area contributed by atoms with Crippen molar-refractivity contribution < 1.29 is 23.8 Å². The zero-order chi connectivity index (χ0) is 23.8. The van der Waals surface area contributed by atoms with Crippen molar-refractivity contribution in [2.45, 2.75) is 32.5 Å². The van der Waals surface area contributed by atoms with E-state index in [-0.39, 0.29) is 18.4 Å². The first kappa shape index (κ1) is 23.2. The Morgan fingerprint density at radius 3 is 2.68 bits per heavy atom. The topological polar surface area (TPSA) is 85.9 Å². The second-order valence-corrected chi connectivity index (χ2v) is 7.88. The Labute approximate surface area is 199 Å². The molecule has 1 atom stereocenters. The molecule has 176 valence electrons. The first-order chi connectivity index (χ1) is 16.6. The highest BCUT2D eigenvalue weighted by molar-refractivity contribution is 5.95. The molecule has 7 heteroatoms. The number of benzene rings is 3. The molecule has 0 fully saturated rings. The smallest absolute Gasteiger partial charge is 0.325 e. The van der Waals surface area contributed by atoms with Crippen molar-refractivity contribution in [3.8, 4) is 11.5 Å². The van der Waals surface area contributed by atoms with Gasteiger partial charge in [-0.3, -0.25) is 9.59 Å². The Morgan fingerprint density at radius 2 is 1.85 bits per heavy atom. The summed E-state index contributed by atoms with van der Waals surface area (Å²) in [5, 5.41) is 6.01. The van der Waals surface area contributed by atoms with E-state index in [0.717, 1.165) is 23.2 Å². The summed E-state index contributed by atoms with van der Waals surface area (Å²) in [5.41, 5.74) is 3.55. The Bertz CT molecular complexity index is 1130. The van der Waals surface area contributed by atoms with Crippen LogP contribution >= 0.6 is 0 Å². The number of ether oxygens (including phenoxy) is 3. The van der Waals surface area contributed by atoms with E-state index >= 15 is 0 Å². The molecule has 1 unspecified atom stereocenters. The minimum Gasteiger partial charge on any atom is -0.487 e. The molecule has 0 spiro atoms. The zero-order valence-corrected chi connectivity index (χ0v) is 19.1. The number of carbonyl (C=O) groups is 2. The van der Waals surface area contributed by atoms with Gasteiger partial charge in [0.1, 0.15) is 24.7 Å². The molecular weight excluding hydrogens is 432 g/mol. The summed E-state index contributed by atoms with van der Waals surface area (Å²) in [7, 11) is 0. The van der Waals surface area contributed by atoms with Gasteiger partial charge in [-0.15, -0.1) is 0 Å². The average molecular weight is 461 g/mol. The molecule has 0 bridgehead atoms. The van der Waals surface area contributed by atoms with E-state index in [9.17, 15) is 9.59 Å². The standard InChI is InChI=1S/C27H28N2O5/c1-2-32-26(30)17-28-23-14-13-21(16-25(23)33-18-19-8-4-3-5-9-19)34-24-15-12-20-10-6-7-11-22(20)29-27(24)31/h3-11,13-14,16,24,28H,2,12,15,17-18H2,1H3,(H,29,31). The molecule has 34 heavy (non-hydrogen) atoms. The van der Waals surface area contributed by atoms with Crippen molar-refractivity contribution in [1.82, 2.24) is 0 Å². The van der Waals surface area contributed by atoms with E-state index in [1.807, 2.05) is 54.6 Å². The van der Waals surface area contributed by atoms with Crippen LogP contribution in [0.25, 0.3) is 0 Å². The minimum atomic E-state index is -0.632. The molecule has 3 aromatic carbocycles. The number of amides is 1. The van der Waals surface area contributed by atoms with Gasteiger partial charge in [0.05, 0.1) is 12.3 Å². The van der Waals surface area contributed by atoms with E-state index < -0.39 is 6.10 Å². The van der Waals surface area contributed by atoms with Crippen LogP contribution in [0, 0.1) is 0 Å². The third-order valence-electron chi connectivity index (χ3n) is 5.44. The fourth-order valence-corrected chi connectivity index (χ4v) is 3.72. The summed E-state index contributed by atoms with van der Waals surface area (Å²) < 4.78 is 17.1. The van der Waals surface area contributed by atoms with Crippen LogP contribution in [0.2, 0.25) is 0 Å². The van der Waals surface area contributed by atoms with E-state index in [1.165, 1.54) is 0 Å². The van der Waals surface area contributed by atoms with Crippen LogP contribution in [0.5, 0.6) is 11.5 Å². The van der Waals surface area contributed by atoms with E-state index in [1.54, 1.807) is 25.1 Å². The maximum Gasteiger partial charge on any atom is 0.325 e. The third-order valence-corrected chi connectivity index (χ3v) is 5.44. The number of esters is 1. The number of rotatable bonds is 9. The summed E-state index contributed by atoms with van der Waals surface area (Å²) >= 11 is 0. The summed E-state index contributed by atoms with van der Waals surface area (Å²) in [5.74, 6) is 0.492. The molecule has 1 heterocycles. The average Bonchev–Trinajstić information content (AvgIpc) is 3.01. The highest BCUT2D eigenvalue weighted by Crippen LogP contribution is 2.32. The number of hydrogen-bond donors (Lipinski definition) is 2. The Kier molecular flexibility index (Phi) is 7.65. The van der Waals surface area contributed by atoms with Crippen LogP contribution in [-0.2, 0) is 27.4 Å². The molecule has 2 N–H and O–H groups in total. The molecule has 0 radical (unpaired) electrons. The van der Waals surface area contributed by atoms with Gasteiger partial charge in [-0.05, 0) is 49.1 Å². The SMILES string of the molecule is CCOC(=O)CNc1ccc(OC2CCc3ccccc3NC2=O)cc1OCc1ccccc1. The number of hydrogen-bond acceptors (Lipinski definition) is 6. The second-order valence-electron chi connectivity index (χ2n) is 7.88. The van der Waals surface area contributed by atoms with Gasteiger partial charge in [0, 0.05) is 11.8 Å². The summed E-state index contributed by atoms with van der Waals surface area (Å²) in [4.78, 5) is 24.6. The normalized spacial score (nSPS) is 14.9. The molecule has 0 aromatic heterocycles. The molecule has 1 aliphatic rings.